The van der Waals surface area contributed by atoms with E-state index in [1.54, 1.807) is 0 Å². The molecule has 0 amide bonds. The fourth-order valence-corrected chi connectivity index (χ4v) is 2.39. The number of hydrogen-bond donors (Lipinski definition) is 1. The molecule has 0 aliphatic heterocycles. The number of nitrogens with zero attached hydrogens (tertiary/aromatic N) is 2. The molecule has 0 bridgehead atoms. The van der Waals surface area contributed by atoms with Gasteiger partial charge in [-0.25, -0.2) is 4.98 Å². The summed E-state index contributed by atoms with van der Waals surface area (Å²) in [5.74, 6) is 0. The number of rotatable bonds is 2. The third kappa shape index (κ3) is 2.23. The highest BCUT2D eigenvalue weighted by atomic mass is 16.3. The summed E-state index contributed by atoms with van der Waals surface area (Å²) in [5.41, 5.74) is 1.75. The number of aliphatic hydroxyl groups is 1. The number of imidazole rings is 1. The summed E-state index contributed by atoms with van der Waals surface area (Å²) in [4.78, 5) is 4.26. The van der Waals surface area contributed by atoms with Gasteiger partial charge in [0.05, 0.1) is 24.2 Å². The second-order valence-electron chi connectivity index (χ2n) is 4.83. The Labute approximate surface area is 91.1 Å². The predicted octanol–water partition coefficient (Wildman–Crippen LogP) is 2.20. The molecular formula is C12H20N2O. The zero-order chi connectivity index (χ0) is 10.9. The predicted molar refractivity (Wildman–Crippen MR) is 59.7 cm³/mol. The molecular weight excluding hydrogens is 188 g/mol. The van der Waals surface area contributed by atoms with E-state index >= 15 is 0 Å². The van der Waals surface area contributed by atoms with E-state index in [4.69, 9.17) is 0 Å². The van der Waals surface area contributed by atoms with Gasteiger partial charge >= 0.3 is 0 Å². The second kappa shape index (κ2) is 3.97. The molecule has 1 heterocycles. The fraction of sp³-hybridized carbons (Fsp3) is 0.750. The monoisotopic (exact) mass is 208 g/mol. The maximum atomic E-state index is 10.4. The van der Waals surface area contributed by atoms with E-state index in [2.05, 4.69) is 16.5 Å². The third-order valence-electron chi connectivity index (χ3n) is 3.59. The Morgan fingerprint density at radius 3 is 2.53 bits per heavy atom. The van der Waals surface area contributed by atoms with Crippen molar-refractivity contribution >= 4 is 0 Å². The van der Waals surface area contributed by atoms with E-state index < -0.39 is 5.60 Å². The molecule has 1 fully saturated rings. The van der Waals surface area contributed by atoms with Gasteiger partial charge in [-0.1, -0.05) is 19.3 Å². The van der Waals surface area contributed by atoms with E-state index in [9.17, 15) is 5.11 Å². The smallest absolute Gasteiger partial charge is 0.0952 e. The highest BCUT2D eigenvalue weighted by molar-refractivity contribution is 5.09. The minimum absolute atomic E-state index is 0.490. The Morgan fingerprint density at radius 1 is 1.33 bits per heavy atom. The van der Waals surface area contributed by atoms with Crippen molar-refractivity contribution in [1.29, 1.82) is 0 Å². The van der Waals surface area contributed by atoms with Gasteiger partial charge in [-0.3, -0.25) is 0 Å². The maximum absolute atomic E-state index is 10.4. The molecule has 1 aromatic rings. The zero-order valence-electron chi connectivity index (χ0n) is 9.66. The van der Waals surface area contributed by atoms with Gasteiger partial charge in [-0.05, 0) is 26.7 Å². The lowest BCUT2D eigenvalue weighted by Gasteiger charge is -2.32. The van der Waals surface area contributed by atoms with Crippen LogP contribution in [0.25, 0.3) is 0 Å². The second-order valence-corrected chi connectivity index (χ2v) is 4.83. The van der Waals surface area contributed by atoms with Gasteiger partial charge in [0.15, 0.2) is 0 Å². The molecule has 0 spiro atoms. The van der Waals surface area contributed by atoms with E-state index in [-0.39, 0.29) is 0 Å². The summed E-state index contributed by atoms with van der Waals surface area (Å²) in [7, 11) is 0. The van der Waals surface area contributed by atoms with Crippen molar-refractivity contribution in [3.05, 3.63) is 17.7 Å². The normalized spacial score (nSPS) is 20.5. The van der Waals surface area contributed by atoms with Crippen molar-refractivity contribution in [3.63, 3.8) is 0 Å². The van der Waals surface area contributed by atoms with E-state index in [1.165, 1.54) is 12.1 Å². The van der Waals surface area contributed by atoms with Crippen LogP contribution in [0.3, 0.4) is 0 Å². The number of aromatic nitrogens is 2. The van der Waals surface area contributed by atoms with Crippen LogP contribution in [-0.2, 0) is 6.54 Å². The highest BCUT2D eigenvalue weighted by Crippen LogP contribution is 2.29. The zero-order valence-corrected chi connectivity index (χ0v) is 9.66. The molecule has 0 saturated heterocycles. The molecule has 84 valence electrons. The Kier molecular flexibility index (Phi) is 2.83. The standard InChI is InChI=1S/C12H20N2O/c1-10-11(2)14(9-13-10)8-12(15)6-4-3-5-7-12/h9,15H,3-8H2,1-2H3. The summed E-state index contributed by atoms with van der Waals surface area (Å²) in [6.45, 7) is 4.78. The first-order valence-electron chi connectivity index (χ1n) is 5.81. The van der Waals surface area contributed by atoms with Gasteiger partial charge in [0, 0.05) is 5.69 Å². The molecule has 0 unspecified atom stereocenters. The van der Waals surface area contributed by atoms with Crippen LogP contribution in [-0.4, -0.2) is 20.3 Å². The summed E-state index contributed by atoms with van der Waals surface area (Å²) >= 11 is 0. The first kappa shape index (κ1) is 10.7. The Bertz CT molecular complexity index is 337. The number of hydrogen-bond acceptors (Lipinski definition) is 2. The first-order valence-corrected chi connectivity index (χ1v) is 5.81. The molecule has 1 saturated carbocycles. The van der Waals surface area contributed by atoms with Gasteiger partial charge in [-0.15, -0.1) is 0 Å². The summed E-state index contributed by atoms with van der Waals surface area (Å²) in [6, 6.07) is 0. The molecule has 1 N–H and O–H groups in total. The number of aryl methyl sites for hydroxylation is 1. The van der Waals surface area contributed by atoms with Crippen molar-refractivity contribution in [3.8, 4) is 0 Å². The minimum atomic E-state index is -0.490. The van der Waals surface area contributed by atoms with Crippen molar-refractivity contribution in [2.45, 2.75) is 58.1 Å². The lowest BCUT2D eigenvalue weighted by Crippen LogP contribution is -2.36. The molecule has 2 rings (SSSR count). The average Bonchev–Trinajstić information content (AvgIpc) is 2.50. The van der Waals surface area contributed by atoms with Gasteiger partial charge < -0.3 is 9.67 Å². The summed E-state index contributed by atoms with van der Waals surface area (Å²) in [6.07, 6.45) is 7.29. The van der Waals surface area contributed by atoms with Crippen molar-refractivity contribution < 1.29 is 5.11 Å². The van der Waals surface area contributed by atoms with Crippen LogP contribution in [0.2, 0.25) is 0 Å². The molecule has 0 aromatic carbocycles. The third-order valence-corrected chi connectivity index (χ3v) is 3.59. The molecule has 3 nitrogen and oxygen atoms in total. The maximum Gasteiger partial charge on any atom is 0.0952 e. The Hall–Kier alpha value is -0.830. The fourth-order valence-electron chi connectivity index (χ4n) is 2.39. The average molecular weight is 208 g/mol. The van der Waals surface area contributed by atoms with Gasteiger partial charge in [0.1, 0.15) is 0 Å². The van der Waals surface area contributed by atoms with Crippen LogP contribution in [0, 0.1) is 13.8 Å². The Balaban J connectivity index is 2.10. The first-order chi connectivity index (χ1) is 7.11. The largest absolute Gasteiger partial charge is 0.388 e. The minimum Gasteiger partial charge on any atom is -0.388 e. The van der Waals surface area contributed by atoms with Crippen molar-refractivity contribution in [2.75, 3.05) is 0 Å². The molecule has 15 heavy (non-hydrogen) atoms. The van der Waals surface area contributed by atoms with Crippen LogP contribution < -0.4 is 0 Å². The van der Waals surface area contributed by atoms with Gasteiger partial charge in [0.2, 0.25) is 0 Å². The van der Waals surface area contributed by atoms with Gasteiger partial charge in [0.25, 0.3) is 0 Å². The van der Waals surface area contributed by atoms with Crippen molar-refractivity contribution in [2.24, 2.45) is 0 Å². The molecule has 3 heteroatoms. The summed E-state index contributed by atoms with van der Waals surface area (Å²) < 4.78 is 2.08. The van der Waals surface area contributed by atoms with E-state index in [1.807, 2.05) is 13.3 Å². The van der Waals surface area contributed by atoms with E-state index in [0.717, 1.165) is 31.4 Å². The highest BCUT2D eigenvalue weighted by Gasteiger charge is 2.29. The van der Waals surface area contributed by atoms with Crippen LogP contribution in [0.15, 0.2) is 6.33 Å². The van der Waals surface area contributed by atoms with Gasteiger partial charge in [-0.2, -0.15) is 0 Å². The summed E-state index contributed by atoms with van der Waals surface area (Å²) in [5, 5.41) is 10.4. The van der Waals surface area contributed by atoms with Crippen LogP contribution in [0.5, 0.6) is 0 Å². The lowest BCUT2D eigenvalue weighted by molar-refractivity contribution is -0.0119. The SMILES string of the molecule is Cc1ncn(CC2(O)CCCCC2)c1C. The molecule has 0 radical (unpaired) electrons. The van der Waals surface area contributed by atoms with E-state index in [0.29, 0.717) is 6.54 Å². The molecule has 1 aromatic heterocycles. The molecule has 0 atom stereocenters. The quantitative estimate of drug-likeness (QED) is 0.809. The van der Waals surface area contributed by atoms with Crippen LogP contribution in [0.4, 0.5) is 0 Å². The Morgan fingerprint density at radius 2 is 2.00 bits per heavy atom. The van der Waals surface area contributed by atoms with Crippen molar-refractivity contribution in [1.82, 2.24) is 9.55 Å². The van der Waals surface area contributed by atoms with Crippen LogP contribution in [0.1, 0.15) is 43.5 Å². The topological polar surface area (TPSA) is 38.0 Å². The molecule has 1 aliphatic carbocycles. The molecule has 1 aliphatic rings. The van der Waals surface area contributed by atoms with Crippen LogP contribution >= 0.6 is 0 Å². The lowest BCUT2D eigenvalue weighted by atomic mass is 9.85.